The van der Waals surface area contributed by atoms with E-state index in [1.54, 1.807) is 17.0 Å². The van der Waals surface area contributed by atoms with E-state index in [4.69, 9.17) is 0 Å². The molecule has 2 aromatic heterocycles. The molecular weight excluding hydrogens is 220 g/mol. The van der Waals surface area contributed by atoms with E-state index in [2.05, 4.69) is 0 Å². The van der Waals surface area contributed by atoms with Gasteiger partial charge < -0.3 is 4.90 Å². The van der Waals surface area contributed by atoms with Crippen molar-refractivity contribution in [1.29, 1.82) is 0 Å². The van der Waals surface area contributed by atoms with E-state index >= 15 is 0 Å². The first-order valence-corrected chi connectivity index (χ1v) is 5.88. The van der Waals surface area contributed by atoms with Crippen LogP contribution in [0.4, 0.5) is 5.69 Å². The summed E-state index contributed by atoms with van der Waals surface area (Å²) in [7, 11) is 3.95. The lowest BCUT2D eigenvalue weighted by atomic mass is 10.3. The molecule has 2 heterocycles. The summed E-state index contributed by atoms with van der Waals surface area (Å²) in [4.78, 5) is 13.9. The largest absolute Gasteiger partial charge is 0.425 e. The fourth-order valence-electron chi connectivity index (χ4n) is 1.39. The van der Waals surface area contributed by atoms with E-state index in [0.29, 0.717) is 0 Å². The molecule has 2 aromatic rings. The lowest BCUT2D eigenvalue weighted by Crippen LogP contribution is -2.41. The number of hydrogen-bond donors (Lipinski definition) is 0. The molecule has 0 aromatic carbocycles. The second-order valence-electron chi connectivity index (χ2n) is 3.68. The highest BCUT2D eigenvalue weighted by molar-refractivity contribution is 7.08. The highest BCUT2D eigenvalue weighted by Crippen LogP contribution is 2.08. The lowest BCUT2D eigenvalue weighted by Gasteiger charge is -2.09. The Morgan fingerprint density at radius 3 is 2.44 bits per heavy atom. The summed E-state index contributed by atoms with van der Waals surface area (Å²) in [6.45, 7) is 0. The first-order valence-electron chi connectivity index (χ1n) is 4.94. The topological polar surface area (TPSA) is 24.2 Å². The van der Waals surface area contributed by atoms with Gasteiger partial charge in [-0.15, -0.1) is 4.57 Å². The number of carbonyl (C=O) groups is 1. The van der Waals surface area contributed by atoms with E-state index < -0.39 is 0 Å². The van der Waals surface area contributed by atoms with Crippen LogP contribution in [0.3, 0.4) is 0 Å². The van der Waals surface area contributed by atoms with Crippen LogP contribution in [0.25, 0.3) is 0 Å². The third-order valence-electron chi connectivity index (χ3n) is 2.33. The van der Waals surface area contributed by atoms with Gasteiger partial charge in [0.1, 0.15) is 5.56 Å². The van der Waals surface area contributed by atoms with Gasteiger partial charge in [-0.05, 0) is 11.4 Å². The molecule has 0 atom stereocenters. The third kappa shape index (κ3) is 2.12. The Morgan fingerprint density at radius 2 is 1.94 bits per heavy atom. The zero-order valence-corrected chi connectivity index (χ0v) is 10.1. The Bertz CT molecular complexity index is 474. The maximum Gasteiger partial charge on any atom is 0.425 e. The maximum absolute atomic E-state index is 11.9. The molecule has 0 aliphatic rings. The van der Waals surface area contributed by atoms with Crippen molar-refractivity contribution in [3.63, 3.8) is 0 Å². The molecule has 3 nitrogen and oxygen atoms in total. The molecule has 0 amide bonds. The minimum absolute atomic E-state index is 0.00607. The molecule has 0 N–H and O–H groups in total. The fourth-order valence-corrected chi connectivity index (χ4v) is 2.02. The normalized spacial score (nSPS) is 10.1. The fraction of sp³-hybridized carbons (Fsp3) is 0.167. The van der Waals surface area contributed by atoms with Crippen molar-refractivity contribution >= 4 is 22.9 Å². The number of pyridine rings is 1. The van der Waals surface area contributed by atoms with Crippen molar-refractivity contribution in [2.45, 2.75) is 0 Å². The van der Waals surface area contributed by atoms with Crippen LogP contribution in [-0.2, 0) is 0 Å². The molecular formula is C12H13N2OS+. The van der Waals surface area contributed by atoms with Gasteiger partial charge in [0.15, 0.2) is 12.4 Å². The Balaban J connectivity index is 2.25. The lowest BCUT2D eigenvalue weighted by molar-refractivity contribution is -0.570. The molecule has 0 aliphatic carbocycles. The monoisotopic (exact) mass is 233 g/mol. The summed E-state index contributed by atoms with van der Waals surface area (Å²) < 4.78 is 1.59. The predicted octanol–water partition coefficient (Wildman–Crippen LogP) is 1.79. The van der Waals surface area contributed by atoms with Gasteiger partial charge in [0.2, 0.25) is 0 Å². The molecule has 4 heteroatoms. The van der Waals surface area contributed by atoms with Gasteiger partial charge in [-0.2, -0.15) is 11.3 Å². The predicted molar refractivity (Wildman–Crippen MR) is 65.0 cm³/mol. The first kappa shape index (κ1) is 10.8. The number of anilines is 1. The van der Waals surface area contributed by atoms with Crippen LogP contribution in [0, 0.1) is 0 Å². The average Bonchev–Trinajstić information content (AvgIpc) is 2.81. The number of rotatable bonds is 2. The highest BCUT2D eigenvalue weighted by atomic mass is 32.1. The molecule has 2 rings (SSSR count). The second kappa shape index (κ2) is 4.45. The smallest absolute Gasteiger partial charge is 0.377 e. The van der Waals surface area contributed by atoms with Crippen LogP contribution in [0.2, 0.25) is 0 Å². The van der Waals surface area contributed by atoms with Gasteiger partial charge in [0.25, 0.3) is 0 Å². The molecule has 0 spiro atoms. The van der Waals surface area contributed by atoms with Gasteiger partial charge in [0.05, 0.1) is 0 Å². The van der Waals surface area contributed by atoms with Crippen molar-refractivity contribution in [1.82, 2.24) is 0 Å². The number of hydrogen-bond acceptors (Lipinski definition) is 3. The summed E-state index contributed by atoms with van der Waals surface area (Å²) in [5, 5.41) is 3.76. The number of carbonyl (C=O) groups excluding carboxylic acids is 1. The molecule has 82 valence electrons. The van der Waals surface area contributed by atoms with Crippen LogP contribution in [0.1, 0.15) is 10.4 Å². The van der Waals surface area contributed by atoms with Crippen molar-refractivity contribution < 1.29 is 9.36 Å². The summed E-state index contributed by atoms with van der Waals surface area (Å²) in [5.41, 5.74) is 1.81. The minimum atomic E-state index is 0.00607. The van der Waals surface area contributed by atoms with E-state index in [1.165, 1.54) is 11.3 Å². The average molecular weight is 233 g/mol. The summed E-state index contributed by atoms with van der Waals surface area (Å²) in [5.74, 6) is 0.00607. The van der Waals surface area contributed by atoms with Gasteiger partial charge in [-0.1, -0.05) is 0 Å². The molecule has 16 heavy (non-hydrogen) atoms. The number of thiophene rings is 1. The third-order valence-corrected chi connectivity index (χ3v) is 3.01. The van der Waals surface area contributed by atoms with Crippen LogP contribution in [-0.4, -0.2) is 20.0 Å². The molecule has 0 saturated carbocycles. The number of nitrogens with zero attached hydrogens (tertiary/aromatic N) is 2. The van der Waals surface area contributed by atoms with Gasteiger partial charge in [0, 0.05) is 37.3 Å². The summed E-state index contributed by atoms with van der Waals surface area (Å²) in [6, 6.07) is 5.67. The van der Waals surface area contributed by atoms with Gasteiger partial charge in [-0.3, -0.25) is 0 Å². The molecule has 0 radical (unpaired) electrons. The van der Waals surface area contributed by atoms with Gasteiger partial charge >= 0.3 is 5.91 Å². The van der Waals surface area contributed by atoms with E-state index in [0.717, 1.165) is 11.3 Å². The van der Waals surface area contributed by atoms with Crippen molar-refractivity contribution in [3.05, 3.63) is 46.9 Å². The van der Waals surface area contributed by atoms with Gasteiger partial charge in [-0.25, -0.2) is 4.79 Å². The van der Waals surface area contributed by atoms with Crippen molar-refractivity contribution in [2.75, 3.05) is 19.0 Å². The zero-order valence-electron chi connectivity index (χ0n) is 9.25. The quantitative estimate of drug-likeness (QED) is 0.739. The molecule has 0 saturated heterocycles. The Kier molecular flexibility index (Phi) is 3.01. The van der Waals surface area contributed by atoms with Crippen LogP contribution in [0.5, 0.6) is 0 Å². The Labute approximate surface area is 98.6 Å². The number of aromatic nitrogens is 1. The molecule has 0 fully saturated rings. The maximum atomic E-state index is 11.9. The van der Waals surface area contributed by atoms with Crippen LogP contribution >= 0.6 is 11.3 Å². The zero-order chi connectivity index (χ0) is 11.5. The van der Waals surface area contributed by atoms with Crippen molar-refractivity contribution in [3.8, 4) is 0 Å². The van der Waals surface area contributed by atoms with Crippen LogP contribution < -0.4 is 9.47 Å². The molecule has 0 aliphatic heterocycles. The van der Waals surface area contributed by atoms with Crippen molar-refractivity contribution in [2.24, 2.45) is 0 Å². The molecule has 0 unspecified atom stereocenters. The summed E-state index contributed by atoms with van der Waals surface area (Å²) in [6.07, 6.45) is 3.57. The Hall–Kier alpha value is -1.68. The molecule has 0 bridgehead atoms. The highest BCUT2D eigenvalue weighted by Gasteiger charge is 2.17. The first-order chi connectivity index (χ1) is 7.68. The van der Waals surface area contributed by atoms with E-state index in [1.807, 2.05) is 48.0 Å². The van der Waals surface area contributed by atoms with E-state index in [-0.39, 0.29) is 5.91 Å². The van der Waals surface area contributed by atoms with Crippen LogP contribution in [0.15, 0.2) is 41.4 Å². The van der Waals surface area contributed by atoms with E-state index in [9.17, 15) is 4.79 Å². The minimum Gasteiger partial charge on any atom is -0.377 e. The Morgan fingerprint density at radius 1 is 1.25 bits per heavy atom. The summed E-state index contributed by atoms with van der Waals surface area (Å²) >= 11 is 1.53. The SMILES string of the molecule is CN(C)c1cc[n+](C(=O)c2ccsc2)cc1. The standard InChI is InChI=1S/C12H13N2OS/c1-13(2)11-3-6-14(7-4-11)12(15)10-5-8-16-9-10/h3-9H,1-2H3/q+1. The second-order valence-corrected chi connectivity index (χ2v) is 4.46.